The van der Waals surface area contributed by atoms with Crippen LogP contribution in [0.3, 0.4) is 0 Å². The molecule has 5 heteroatoms. The summed E-state index contributed by atoms with van der Waals surface area (Å²) in [5.74, 6) is -0.199. The SMILES string of the molecule is CC.OCc1csc(C2(c3ccccc3F)CCOCC2)n1. The van der Waals surface area contributed by atoms with Gasteiger partial charge in [0.2, 0.25) is 0 Å². The molecule has 1 aromatic heterocycles. The number of halogens is 1. The maximum atomic E-state index is 14.3. The van der Waals surface area contributed by atoms with Crippen molar-refractivity contribution in [3.05, 3.63) is 51.7 Å². The van der Waals surface area contributed by atoms with Gasteiger partial charge in [-0.2, -0.15) is 0 Å². The van der Waals surface area contributed by atoms with E-state index < -0.39 is 5.41 Å². The Labute approximate surface area is 134 Å². The third-order valence-electron chi connectivity index (χ3n) is 3.86. The van der Waals surface area contributed by atoms with Crippen LogP contribution in [0.25, 0.3) is 0 Å². The number of aliphatic hydroxyl groups excluding tert-OH is 1. The number of rotatable bonds is 3. The fourth-order valence-electron chi connectivity index (χ4n) is 2.77. The van der Waals surface area contributed by atoms with Crippen molar-refractivity contribution in [2.45, 2.75) is 38.7 Å². The lowest BCUT2D eigenvalue weighted by Gasteiger charge is -2.36. The zero-order chi connectivity index (χ0) is 16.0. The van der Waals surface area contributed by atoms with Crippen LogP contribution in [-0.4, -0.2) is 23.3 Å². The highest BCUT2D eigenvalue weighted by atomic mass is 32.1. The third kappa shape index (κ3) is 3.21. The van der Waals surface area contributed by atoms with E-state index in [0.717, 1.165) is 5.01 Å². The lowest BCUT2D eigenvalue weighted by atomic mass is 9.74. The van der Waals surface area contributed by atoms with Crippen LogP contribution in [0.15, 0.2) is 29.6 Å². The molecule has 1 fully saturated rings. The minimum Gasteiger partial charge on any atom is -0.390 e. The number of nitrogens with zero attached hydrogens (tertiary/aromatic N) is 1. The van der Waals surface area contributed by atoms with E-state index >= 15 is 0 Å². The first-order chi connectivity index (χ1) is 10.8. The number of aromatic nitrogens is 1. The van der Waals surface area contributed by atoms with Crippen molar-refractivity contribution < 1.29 is 14.2 Å². The lowest BCUT2D eigenvalue weighted by Crippen LogP contribution is -2.35. The van der Waals surface area contributed by atoms with Gasteiger partial charge in [0.25, 0.3) is 0 Å². The molecule has 0 saturated carbocycles. The Hall–Kier alpha value is -1.30. The van der Waals surface area contributed by atoms with Crippen LogP contribution in [-0.2, 0) is 16.8 Å². The van der Waals surface area contributed by atoms with Crippen LogP contribution in [0.4, 0.5) is 4.39 Å². The average molecular weight is 323 g/mol. The Morgan fingerprint density at radius 1 is 1.27 bits per heavy atom. The molecular formula is C17H22FNO2S. The Balaban J connectivity index is 0.000000847. The van der Waals surface area contributed by atoms with Crippen LogP contribution >= 0.6 is 11.3 Å². The minimum atomic E-state index is -0.429. The summed E-state index contributed by atoms with van der Waals surface area (Å²) in [5, 5.41) is 11.9. The summed E-state index contributed by atoms with van der Waals surface area (Å²) in [4.78, 5) is 4.49. The van der Waals surface area contributed by atoms with Crippen molar-refractivity contribution in [3.63, 3.8) is 0 Å². The first-order valence-corrected chi connectivity index (χ1v) is 8.53. The van der Waals surface area contributed by atoms with E-state index in [1.165, 1.54) is 17.4 Å². The fourth-order valence-corrected chi connectivity index (χ4v) is 3.85. The van der Waals surface area contributed by atoms with Crippen LogP contribution < -0.4 is 0 Å². The molecule has 0 radical (unpaired) electrons. The highest BCUT2D eigenvalue weighted by molar-refractivity contribution is 7.09. The van der Waals surface area contributed by atoms with Gasteiger partial charge in [-0.3, -0.25) is 0 Å². The maximum Gasteiger partial charge on any atom is 0.127 e. The second-order valence-electron chi connectivity index (χ2n) is 4.98. The molecule has 0 aliphatic carbocycles. The number of hydrogen-bond donors (Lipinski definition) is 1. The van der Waals surface area contributed by atoms with Gasteiger partial charge in [-0.25, -0.2) is 9.37 Å². The quantitative estimate of drug-likeness (QED) is 0.931. The summed E-state index contributed by atoms with van der Waals surface area (Å²) in [7, 11) is 0. The number of hydrogen-bond acceptors (Lipinski definition) is 4. The smallest absolute Gasteiger partial charge is 0.127 e. The lowest BCUT2D eigenvalue weighted by molar-refractivity contribution is 0.0619. The largest absolute Gasteiger partial charge is 0.390 e. The van der Waals surface area contributed by atoms with E-state index in [-0.39, 0.29) is 12.4 Å². The Kier molecular flexibility index (Phi) is 6.06. The zero-order valence-electron chi connectivity index (χ0n) is 13.0. The highest BCUT2D eigenvalue weighted by Gasteiger charge is 2.40. The normalized spacial score (nSPS) is 16.7. The number of benzene rings is 1. The molecule has 0 bridgehead atoms. The van der Waals surface area contributed by atoms with Crippen LogP contribution in [0, 0.1) is 5.82 Å². The van der Waals surface area contributed by atoms with Gasteiger partial charge in [0.15, 0.2) is 0 Å². The van der Waals surface area contributed by atoms with E-state index in [9.17, 15) is 9.50 Å². The second kappa shape index (κ2) is 7.81. The van der Waals surface area contributed by atoms with Gasteiger partial charge in [0.1, 0.15) is 10.8 Å². The summed E-state index contributed by atoms with van der Waals surface area (Å²) >= 11 is 1.49. The van der Waals surface area contributed by atoms with Crippen molar-refractivity contribution >= 4 is 11.3 Å². The molecular weight excluding hydrogens is 301 g/mol. The minimum absolute atomic E-state index is 0.0830. The molecule has 0 unspecified atom stereocenters. The molecule has 0 amide bonds. The fraction of sp³-hybridized carbons (Fsp3) is 0.471. The Morgan fingerprint density at radius 3 is 2.55 bits per heavy atom. The summed E-state index contributed by atoms with van der Waals surface area (Å²) in [5.41, 5.74) is 0.899. The van der Waals surface area contributed by atoms with Crippen LogP contribution in [0.2, 0.25) is 0 Å². The predicted molar refractivity (Wildman–Crippen MR) is 86.6 cm³/mol. The predicted octanol–water partition coefficient (Wildman–Crippen LogP) is 3.90. The van der Waals surface area contributed by atoms with Crippen LogP contribution in [0.1, 0.15) is 43.0 Å². The molecule has 2 heterocycles. The number of aliphatic hydroxyl groups is 1. The monoisotopic (exact) mass is 323 g/mol. The molecule has 0 spiro atoms. The van der Waals surface area contributed by atoms with Gasteiger partial charge in [-0.05, 0) is 18.9 Å². The Bertz CT molecular complexity index is 594. The first kappa shape index (κ1) is 17.1. The van der Waals surface area contributed by atoms with Gasteiger partial charge in [-0.1, -0.05) is 32.0 Å². The van der Waals surface area contributed by atoms with E-state index in [1.54, 1.807) is 6.07 Å². The van der Waals surface area contributed by atoms with Gasteiger partial charge >= 0.3 is 0 Å². The van der Waals surface area contributed by atoms with E-state index in [4.69, 9.17) is 4.74 Å². The molecule has 3 nitrogen and oxygen atoms in total. The molecule has 1 aromatic carbocycles. The average Bonchev–Trinajstić information content (AvgIpc) is 3.07. The second-order valence-corrected chi connectivity index (χ2v) is 5.83. The summed E-state index contributed by atoms with van der Waals surface area (Å²) in [6.07, 6.45) is 1.43. The van der Waals surface area contributed by atoms with E-state index in [1.807, 2.05) is 31.4 Å². The van der Waals surface area contributed by atoms with Gasteiger partial charge in [0, 0.05) is 24.2 Å². The van der Waals surface area contributed by atoms with Crippen molar-refractivity contribution in [1.82, 2.24) is 4.98 Å². The van der Waals surface area contributed by atoms with Crippen molar-refractivity contribution in [2.24, 2.45) is 0 Å². The summed E-state index contributed by atoms with van der Waals surface area (Å²) in [6.45, 7) is 5.12. The molecule has 1 aliphatic rings. The van der Waals surface area contributed by atoms with Crippen LogP contribution in [0.5, 0.6) is 0 Å². The summed E-state index contributed by atoms with van der Waals surface area (Å²) in [6, 6.07) is 6.89. The third-order valence-corrected chi connectivity index (χ3v) is 4.95. The molecule has 2 aromatic rings. The molecule has 22 heavy (non-hydrogen) atoms. The molecule has 1 saturated heterocycles. The molecule has 1 aliphatic heterocycles. The number of ether oxygens (including phenoxy) is 1. The zero-order valence-corrected chi connectivity index (χ0v) is 13.8. The Morgan fingerprint density at radius 2 is 1.95 bits per heavy atom. The molecule has 0 atom stereocenters. The first-order valence-electron chi connectivity index (χ1n) is 7.65. The molecule has 1 N–H and O–H groups in total. The van der Waals surface area contributed by atoms with Gasteiger partial charge < -0.3 is 9.84 Å². The van der Waals surface area contributed by atoms with E-state index in [0.29, 0.717) is 37.3 Å². The van der Waals surface area contributed by atoms with E-state index in [2.05, 4.69) is 4.98 Å². The molecule has 3 rings (SSSR count). The highest BCUT2D eigenvalue weighted by Crippen LogP contribution is 2.43. The standard InChI is InChI=1S/C15H16FNO2S.C2H6/c16-13-4-2-1-3-12(13)15(5-7-19-8-6-15)14-17-11(9-18)10-20-14;1-2/h1-4,10,18H,5-9H2;1-2H3. The number of thiazole rings is 1. The maximum absolute atomic E-state index is 14.3. The van der Waals surface area contributed by atoms with Crippen molar-refractivity contribution in [3.8, 4) is 0 Å². The summed E-state index contributed by atoms with van der Waals surface area (Å²) < 4.78 is 19.7. The van der Waals surface area contributed by atoms with Crippen molar-refractivity contribution in [1.29, 1.82) is 0 Å². The van der Waals surface area contributed by atoms with Crippen molar-refractivity contribution in [2.75, 3.05) is 13.2 Å². The van der Waals surface area contributed by atoms with Gasteiger partial charge in [0.05, 0.1) is 17.7 Å². The topological polar surface area (TPSA) is 42.4 Å². The van der Waals surface area contributed by atoms with Gasteiger partial charge in [-0.15, -0.1) is 11.3 Å². The molecule has 120 valence electrons.